The SMILES string of the molecule is CCCCOc1ccc(S(=O)(=O)NCCO)cc1. The van der Waals surface area contributed by atoms with Gasteiger partial charge in [-0.25, -0.2) is 13.1 Å². The number of sulfonamides is 1. The first kappa shape index (κ1) is 14.9. The van der Waals surface area contributed by atoms with E-state index in [2.05, 4.69) is 11.6 Å². The molecule has 0 aliphatic heterocycles. The number of unbranched alkanes of at least 4 members (excludes halogenated alkanes) is 1. The van der Waals surface area contributed by atoms with Crippen LogP contribution in [0.3, 0.4) is 0 Å². The van der Waals surface area contributed by atoms with Crippen LogP contribution >= 0.6 is 0 Å². The van der Waals surface area contributed by atoms with Gasteiger partial charge in [0.25, 0.3) is 0 Å². The third-order valence-corrected chi connectivity index (χ3v) is 3.78. The molecule has 5 nitrogen and oxygen atoms in total. The van der Waals surface area contributed by atoms with E-state index in [1.807, 2.05) is 0 Å². The summed E-state index contributed by atoms with van der Waals surface area (Å²) in [4.78, 5) is 0.166. The maximum atomic E-state index is 11.7. The van der Waals surface area contributed by atoms with Crippen LogP contribution in [-0.4, -0.2) is 33.3 Å². The zero-order valence-electron chi connectivity index (χ0n) is 10.4. The Labute approximate surface area is 108 Å². The molecule has 0 aliphatic carbocycles. The molecule has 6 heteroatoms. The summed E-state index contributed by atoms with van der Waals surface area (Å²) < 4.78 is 31.1. The summed E-state index contributed by atoms with van der Waals surface area (Å²) in [6, 6.07) is 6.23. The average Bonchev–Trinajstić information content (AvgIpc) is 2.37. The lowest BCUT2D eigenvalue weighted by molar-refractivity contribution is 0.301. The van der Waals surface area contributed by atoms with E-state index in [1.165, 1.54) is 12.1 Å². The van der Waals surface area contributed by atoms with Gasteiger partial charge in [-0.1, -0.05) is 13.3 Å². The van der Waals surface area contributed by atoms with Gasteiger partial charge in [0.15, 0.2) is 0 Å². The van der Waals surface area contributed by atoms with Gasteiger partial charge in [-0.2, -0.15) is 0 Å². The summed E-state index contributed by atoms with van der Waals surface area (Å²) in [7, 11) is -3.53. The molecule has 0 saturated heterocycles. The van der Waals surface area contributed by atoms with Gasteiger partial charge in [0, 0.05) is 6.54 Å². The smallest absolute Gasteiger partial charge is 0.240 e. The third kappa shape index (κ3) is 4.64. The quantitative estimate of drug-likeness (QED) is 0.696. The molecule has 0 radical (unpaired) electrons. The lowest BCUT2D eigenvalue weighted by atomic mass is 10.3. The summed E-state index contributed by atoms with van der Waals surface area (Å²) in [5.74, 6) is 0.657. The zero-order valence-corrected chi connectivity index (χ0v) is 11.2. The number of nitrogens with one attached hydrogen (secondary N) is 1. The van der Waals surface area contributed by atoms with Crippen LogP contribution in [0, 0.1) is 0 Å². The Morgan fingerprint density at radius 3 is 2.50 bits per heavy atom. The summed E-state index contributed by atoms with van der Waals surface area (Å²) in [6.45, 7) is 2.49. The average molecular weight is 273 g/mol. The van der Waals surface area contributed by atoms with Gasteiger partial charge in [0.05, 0.1) is 18.1 Å². The fraction of sp³-hybridized carbons (Fsp3) is 0.500. The van der Waals surface area contributed by atoms with E-state index in [1.54, 1.807) is 12.1 Å². The first-order valence-electron chi connectivity index (χ1n) is 5.93. The fourth-order valence-corrected chi connectivity index (χ4v) is 2.33. The highest BCUT2D eigenvalue weighted by Crippen LogP contribution is 2.16. The molecular formula is C12H19NO4S. The number of aliphatic hydroxyl groups excluding tert-OH is 1. The molecule has 0 heterocycles. The molecule has 0 fully saturated rings. The largest absolute Gasteiger partial charge is 0.494 e. The first-order chi connectivity index (χ1) is 8.60. The van der Waals surface area contributed by atoms with E-state index in [-0.39, 0.29) is 18.0 Å². The van der Waals surface area contributed by atoms with Crippen molar-refractivity contribution in [2.24, 2.45) is 0 Å². The summed E-state index contributed by atoms with van der Waals surface area (Å²) in [5.41, 5.74) is 0. The number of rotatable bonds is 8. The summed E-state index contributed by atoms with van der Waals surface area (Å²) >= 11 is 0. The molecule has 18 heavy (non-hydrogen) atoms. The van der Waals surface area contributed by atoms with E-state index in [0.717, 1.165) is 12.8 Å². The lowest BCUT2D eigenvalue weighted by Crippen LogP contribution is -2.26. The number of benzene rings is 1. The molecule has 2 N–H and O–H groups in total. The van der Waals surface area contributed by atoms with Crippen LogP contribution in [0.4, 0.5) is 0 Å². The maximum Gasteiger partial charge on any atom is 0.240 e. The van der Waals surface area contributed by atoms with Crippen molar-refractivity contribution in [3.8, 4) is 5.75 Å². The summed E-state index contributed by atoms with van der Waals surface area (Å²) in [5, 5.41) is 8.59. The van der Waals surface area contributed by atoms with Crippen molar-refractivity contribution in [1.29, 1.82) is 0 Å². The Hall–Kier alpha value is -1.11. The van der Waals surface area contributed by atoms with E-state index >= 15 is 0 Å². The Morgan fingerprint density at radius 1 is 1.28 bits per heavy atom. The van der Waals surface area contributed by atoms with Crippen LogP contribution in [0.2, 0.25) is 0 Å². The minimum atomic E-state index is -3.53. The van der Waals surface area contributed by atoms with Crippen LogP contribution in [-0.2, 0) is 10.0 Å². The summed E-state index contributed by atoms with van der Waals surface area (Å²) in [6.07, 6.45) is 2.02. The molecule has 0 aliphatic rings. The topological polar surface area (TPSA) is 75.6 Å². The van der Waals surface area contributed by atoms with Gasteiger partial charge in [0.1, 0.15) is 5.75 Å². The van der Waals surface area contributed by atoms with Crippen LogP contribution in [0.5, 0.6) is 5.75 Å². The molecule has 0 aromatic heterocycles. The van der Waals surface area contributed by atoms with Crippen molar-refractivity contribution in [3.63, 3.8) is 0 Å². The molecule has 0 bridgehead atoms. The normalized spacial score (nSPS) is 11.4. The molecule has 1 aromatic rings. The van der Waals surface area contributed by atoms with Gasteiger partial charge < -0.3 is 9.84 Å². The van der Waals surface area contributed by atoms with Gasteiger partial charge >= 0.3 is 0 Å². The highest BCUT2D eigenvalue weighted by molar-refractivity contribution is 7.89. The second-order valence-electron chi connectivity index (χ2n) is 3.79. The third-order valence-electron chi connectivity index (χ3n) is 2.30. The van der Waals surface area contributed by atoms with Crippen LogP contribution in [0.15, 0.2) is 29.2 Å². The molecule has 0 saturated carbocycles. The van der Waals surface area contributed by atoms with E-state index in [0.29, 0.717) is 12.4 Å². The van der Waals surface area contributed by atoms with E-state index in [9.17, 15) is 8.42 Å². The molecule has 0 amide bonds. The first-order valence-corrected chi connectivity index (χ1v) is 7.42. The van der Waals surface area contributed by atoms with Gasteiger partial charge in [-0.05, 0) is 30.7 Å². The minimum Gasteiger partial charge on any atom is -0.494 e. The van der Waals surface area contributed by atoms with Crippen molar-refractivity contribution in [1.82, 2.24) is 4.72 Å². The Balaban J connectivity index is 2.64. The van der Waals surface area contributed by atoms with Gasteiger partial charge in [-0.15, -0.1) is 0 Å². The zero-order chi connectivity index (χ0) is 13.4. The van der Waals surface area contributed by atoms with Crippen molar-refractivity contribution in [3.05, 3.63) is 24.3 Å². The molecule has 0 unspecified atom stereocenters. The number of ether oxygens (including phenoxy) is 1. The van der Waals surface area contributed by atoms with E-state index < -0.39 is 10.0 Å². The highest BCUT2D eigenvalue weighted by atomic mass is 32.2. The van der Waals surface area contributed by atoms with Crippen LogP contribution < -0.4 is 9.46 Å². The second kappa shape index (κ2) is 7.35. The Bertz CT molecular complexity index is 442. The highest BCUT2D eigenvalue weighted by Gasteiger charge is 2.12. The van der Waals surface area contributed by atoms with Crippen LogP contribution in [0.1, 0.15) is 19.8 Å². The second-order valence-corrected chi connectivity index (χ2v) is 5.56. The number of hydrogen-bond acceptors (Lipinski definition) is 4. The molecule has 1 rings (SSSR count). The van der Waals surface area contributed by atoms with Crippen molar-refractivity contribution in [2.75, 3.05) is 19.8 Å². The van der Waals surface area contributed by atoms with Crippen LogP contribution in [0.25, 0.3) is 0 Å². The molecule has 102 valence electrons. The van der Waals surface area contributed by atoms with E-state index in [4.69, 9.17) is 9.84 Å². The Morgan fingerprint density at radius 2 is 1.94 bits per heavy atom. The molecule has 1 aromatic carbocycles. The van der Waals surface area contributed by atoms with Gasteiger partial charge in [-0.3, -0.25) is 0 Å². The lowest BCUT2D eigenvalue weighted by Gasteiger charge is -2.07. The minimum absolute atomic E-state index is 0.0110. The molecule has 0 spiro atoms. The van der Waals surface area contributed by atoms with Gasteiger partial charge in [0.2, 0.25) is 10.0 Å². The Kier molecular flexibility index (Phi) is 6.11. The number of hydrogen-bond donors (Lipinski definition) is 2. The van der Waals surface area contributed by atoms with Crippen molar-refractivity contribution >= 4 is 10.0 Å². The monoisotopic (exact) mass is 273 g/mol. The van der Waals surface area contributed by atoms with Crippen molar-refractivity contribution in [2.45, 2.75) is 24.7 Å². The standard InChI is InChI=1S/C12H19NO4S/c1-2-3-10-17-11-4-6-12(7-5-11)18(15,16)13-8-9-14/h4-7,13-14H,2-3,8-10H2,1H3. The van der Waals surface area contributed by atoms with Crippen molar-refractivity contribution < 1.29 is 18.3 Å². The maximum absolute atomic E-state index is 11.7. The molecule has 0 atom stereocenters. The predicted molar refractivity (Wildman–Crippen MR) is 69.1 cm³/mol. The predicted octanol–water partition coefficient (Wildman–Crippen LogP) is 1.14. The number of aliphatic hydroxyl groups is 1. The fourth-order valence-electron chi connectivity index (χ4n) is 1.31. The molecular weight excluding hydrogens is 254 g/mol.